The van der Waals surface area contributed by atoms with E-state index in [0.29, 0.717) is 11.1 Å². The van der Waals surface area contributed by atoms with E-state index >= 15 is 0 Å². The van der Waals surface area contributed by atoms with Crippen LogP contribution in [0.1, 0.15) is 38.1 Å². The van der Waals surface area contributed by atoms with Crippen LogP contribution in [0.25, 0.3) is 10.9 Å². The van der Waals surface area contributed by atoms with Gasteiger partial charge in [0.05, 0.1) is 5.52 Å². The third kappa shape index (κ3) is 2.87. The summed E-state index contributed by atoms with van der Waals surface area (Å²) in [4.78, 5) is 24.0. The highest BCUT2D eigenvalue weighted by Gasteiger charge is 2.22. The number of carbonyl (C=O) groups is 2. The zero-order chi connectivity index (χ0) is 15.1. The van der Waals surface area contributed by atoms with Crippen LogP contribution in [0, 0.1) is 3.57 Å². The van der Waals surface area contributed by atoms with Crippen LogP contribution in [-0.2, 0) is 4.74 Å². The Morgan fingerprint density at radius 3 is 2.45 bits per heavy atom. The first-order valence-electron chi connectivity index (χ1n) is 6.24. The molecule has 1 heterocycles. The molecular weight excluding hydrogens is 369 g/mol. The quantitative estimate of drug-likeness (QED) is 0.545. The van der Waals surface area contributed by atoms with Gasteiger partial charge in [-0.1, -0.05) is 6.07 Å². The van der Waals surface area contributed by atoms with E-state index in [0.717, 1.165) is 8.96 Å². The lowest BCUT2D eigenvalue weighted by Crippen LogP contribution is -2.26. The molecule has 0 N–H and O–H groups in total. The van der Waals surface area contributed by atoms with Crippen LogP contribution in [0.15, 0.2) is 24.4 Å². The van der Waals surface area contributed by atoms with Crippen molar-refractivity contribution in [2.45, 2.75) is 33.3 Å². The Bertz CT molecular complexity index is 695. The maximum absolute atomic E-state index is 12.2. The number of benzene rings is 1. The van der Waals surface area contributed by atoms with Gasteiger partial charge in [-0.25, -0.2) is 4.79 Å². The fourth-order valence-electron chi connectivity index (χ4n) is 1.97. The molecule has 5 heteroatoms. The average Bonchev–Trinajstić information content (AvgIpc) is 2.67. The normalized spacial score (nSPS) is 11.7. The molecule has 4 nitrogen and oxygen atoms in total. The molecule has 1 aromatic heterocycles. The number of Topliss-reactive ketones (excluding diaryl/α,β-unsaturated/α-hetero) is 1. The summed E-state index contributed by atoms with van der Waals surface area (Å²) < 4.78 is 7.71. The SMILES string of the molecule is CC(=O)c1cn(C(=O)OC(C)(C)C)c2cccc(I)c12. The van der Waals surface area contributed by atoms with Gasteiger partial charge in [0.2, 0.25) is 0 Å². The first-order valence-corrected chi connectivity index (χ1v) is 7.32. The Hall–Kier alpha value is -1.37. The van der Waals surface area contributed by atoms with Crippen molar-refractivity contribution in [1.82, 2.24) is 4.57 Å². The standard InChI is InChI=1S/C15H16INO3/c1-9(18)10-8-17(14(19)20-15(2,3)4)12-7-5-6-11(16)13(10)12/h5-8H,1-4H3. The van der Waals surface area contributed by atoms with Crippen molar-refractivity contribution in [3.8, 4) is 0 Å². The fourth-order valence-corrected chi connectivity index (χ4v) is 2.75. The van der Waals surface area contributed by atoms with Gasteiger partial charge in [0, 0.05) is 20.7 Å². The van der Waals surface area contributed by atoms with E-state index in [-0.39, 0.29) is 5.78 Å². The predicted octanol–water partition coefficient (Wildman–Crippen LogP) is 4.23. The topological polar surface area (TPSA) is 48.3 Å². The van der Waals surface area contributed by atoms with Crippen LogP contribution >= 0.6 is 22.6 Å². The fraction of sp³-hybridized carbons (Fsp3) is 0.333. The molecule has 106 valence electrons. The zero-order valence-electron chi connectivity index (χ0n) is 11.9. The number of nitrogens with zero attached hydrogens (tertiary/aromatic N) is 1. The van der Waals surface area contributed by atoms with Gasteiger partial charge in [-0.15, -0.1) is 0 Å². The van der Waals surface area contributed by atoms with Gasteiger partial charge >= 0.3 is 6.09 Å². The number of ketones is 1. The molecule has 0 spiro atoms. The summed E-state index contributed by atoms with van der Waals surface area (Å²) in [6, 6.07) is 5.58. The summed E-state index contributed by atoms with van der Waals surface area (Å²) in [6.07, 6.45) is 1.08. The van der Waals surface area contributed by atoms with E-state index < -0.39 is 11.7 Å². The zero-order valence-corrected chi connectivity index (χ0v) is 14.0. The first-order chi connectivity index (χ1) is 9.20. The van der Waals surface area contributed by atoms with Gasteiger partial charge < -0.3 is 4.74 Å². The first kappa shape index (κ1) is 15.0. The number of aromatic nitrogens is 1. The maximum atomic E-state index is 12.2. The minimum Gasteiger partial charge on any atom is -0.443 e. The molecule has 0 saturated heterocycles. The second-order valence-corrected chi connectivity index (χ2v) is 6.75. The molecule has 0 amide bonds. The summed E-state index contributed by atoms with van der Waals surface area (Å²) in [5.41, 5.74) is 0.652. The Kier molecular flexibility index (Phi) is 3.90. The highest BCUT2D eigenvalue weighted by molar-refractivity contribution is 14.1. The van der Waals surface area contributed by atoms with Gasteiger partial charge in [-0.2, -0.15) is 0 Å². The van der Waals surface area contributed by atoms with Crippen molar-refractivity contribution < 1.29 is 14.3 Å². The number of ether oxygens (including phenoxy) is 1. The minimum atomic E-state index is -0.577. The highest BCUT2D eigenvalue weighted by atomic mass is 127. The Balaban J connectivity index is 2.64. The summed E-state index contributed by atoms with van der Waals surface area (Å²) in [7, 11) is 0. The van der Waals surface area contributed by atoms with Crippen molar-refractivity contribution in [2.75, 3.05) is 0 Å². The summed E-state index contributed by atoms with van der Waals surface area (Å²) >= 11 is 2.16. The van der Waals surface area contributed by atoms with E-state index in [1.807, 2.05) is 39.0 Å². The summed E-state index contributed by atoms with van der Waals surface area (Å²) in [5, 5.41) is 0.798. The molecule has 0 atom stereocenters. The van der Waals surface area contributed by atoms with E-state index in [1.165, 1.54) is 11.5 Å². The number of hydrogen-bond donors (Lipinski definition) is 0. The number of carbonyl (C=O) groups excluding carboxylic acids is 2. The molecule has 0 aliphatic heterocycles. The van der Waals surface area contributed by atoms with Crippen LogP contribution in [-0.4, -0.2) is 22.0 Å². The number of halogens is 1. The third-order valence-electron chi connectivity index (χ3n) is 2.75. The highest BCUT2D eigenvalue weighted by Crippen LogP contribution is 2.27. The molecule has 0 aliphatic rings. The monoisotopic (exact) mass is 385 g/mol. The molecule has 0 radical (unpaired) electrons. The van der Waals surface area contributed by atoms with Crippen molar-refractivity contribution >= 4 is 45.4 Å². The Morgan fingerprint density at radius 2 is 1.90 bits per heavy atom. The molecule has 0 bridgehead atoms. The van der Waals surface area contributed by atoms with E-state index in [9.17, 15) is 9.59 Å². The van der Waals surface area contributed by atoms with E-state index in [4.69, 9.17) is 4.74 Å². The van der Waals surface area contributed by atoms with Crippen LogP contribution in [0.4, 0.5) is 4.79 Å². The molecular formula is C15H16INO3. The molecule has 0 unspecified atom stereocenters. The maximum Gasteiger partial charge on any atom is 0.419 e. The van der Waals surface area contributed by atoms with Crippen molar-refractivity contribution in [3.05, 3.63) is 33.5 Å². The van der Waals surface area contributed by atoms with Gasteiger partial charge in [0.15, 0.2) is 5.78 Å². The van der Waals surface area contributed by atoms with E-state index in [1.54, 1.807) is 6.20 Å². The van der Waals surface area contributed by atoms with Gasteiger partial charge in [0.25, 0.3) is 0 Å². The number of rotatable bonds is 1. The van der Waals surface area contributed by atoms with Crippen LogP contribution in [0.2, 0.25) is 0 Å². The van der Waals surface area contributed by atoms with Crippen LogP contribution in [0.5, 0.6) is 0 Å². The molecule has 0 fully saturated rings. The van der Waals surface area contributed by atoms with Gasteiger partial charge in [0.1, 0.15) is 5.60 Å². The molecule has 2 rings (SSSR count). The van der Waals surface area contributed by atoms with Gasteiger partial charge in [-0.05, 0) is 62.4 Å². The minimum absolute atomic E-state index is 0.0681. The van der Waals surface area contributed by atoms with Crippen molar-refractivity contribution in [3.63, 3.8) is 0 Å². The Morgan fingerprint density at radius 1 is 1.25 bits per heavy atom. The largest absolute Gasteiger partial charge is 0.443 e. The van der Waals surface area contributed by atoms with Crippen molar-refractivity contribution in [1.29, 1.82) is 0 Å². The summed E-state index contributed by atoms with van der Waals surface area (Å²) in [5.74, 6) is -0.0681. The number of fused-ring (bicyclic) bond motifs is 1. The lowest BCUT2D eigenvalue weighted by Gasteiger charge is -2.19. The van der Waals surface area contributed by atoms with Crippen LogP contribution < -0.4 is 0 Å². The number of hydrogen-bond acceptors (Lipinski definition) is 3. The predicted molar refractivity (Wildman–Crippen MR) is 86.3 cm³/mol. The molecule has 0 aliphatic carbocycles. The molecule has 20 heavy (non-hydrogen) atoms. The Labute approximate surface area is 131 Å². The molecule has 0 saturated carbocycles. The second kappa shape index (κ2) is 5.20. The van der Waals surface area contributed by atoms with E-state index in [2.05, 4.69) is 22.6 Å². The third-order valence-corrected chi connectivity index (χ3v) is 3.65. The smallest absolute Gasteiger partial charge is 0.419 e. The molecule has 1 aromatic carbocycles. The van der Waals surface area contributed by atoms with Gasteiger partial charge in [-0.3, -0.25) is 9.36 Å². The lowest BCUT2D eigenvalue weighted by molar-refractivity contribution is 0.0544. The summed E-state index contributed by atoms with van der Waals surface area (Å²) in [6.45, 7) is 6.93. The lowest BCUT2D eigenvalue weighted by atomic mass is 10.1. The van der Waals surface area contributed by atoms with Crippen LogP contribution in [0.3, 0.4) is 0 Å². The average molecular weight is 385 g/mol. The molecule has 2 aromatic rings. The van der Waals surface area contributed by atoms with Crippen molar-refractivity contribution in [2.24, 2.45) is 0 Å². The second-order valence-electron chi connectivity index (χ2n) is 5.58.